The molecule has 2 rings (SSSR count). The molecule has 0 aromatic carbocycles. The molecule has 2 aliphatic rings. The van der Waals surface area contributed by atoms with E-state index in [1.165, 1.54) is 0 Å². The summed E-state index contributed by atoms with van der Waals surface area (Å²) < 4.78 is 10.5. The van der Waals surface area contributed by atoms with Gasteiger partial charge < -0.3 is 19.4 Å². The molecule has 0 spiro atoms. The maximum Gasteiger partial charge on any atom is 0.306 e. The van der Waals surface area contributed by atoms with Gasteiger partial charge in [-0.3, -0.25) is 4.79 Å². The van der Waals surface area contributed by atoms with Crippen molar-refractivity contribution in [3.05, 3.63) is 0 Å². The lowest BCUT2D eigenvalue weighted by molar-refractivity contribution is -0.293. The van der Waals surface area contributed by atoms with Gasteiger partial charge in [-0.2, -0.15) is 0 Å². The van der Waals surface area contributed by atoms with E-state index in [-0.39, 0.29) is 6.42 Å². The Morgan fingerprint density at radius 2 is 1.93 bits per heavy atom. The number of hydrogen-bond donors (Lipinski definition) is 1. The van der Waals surface area contributed by atoms with Gasteiger partial charge in [-0.1, -0.05) is 0 Å². The smallest absolute Gasteiger partial charge is 0.306 e. The van der Waals surface area contributed by atoms with E-state index < -0.39 is 17.2 Å². The Bertz CT molecular complexity index is 264. The Hall–Kier alpha value is -0.940. The second-order valence-corrected chi connectivity index (χ2v) is 3.77. The number of ether oxygens (including phenoxy) is 2. The van der Waals surface area contributed by atoms with Crippen LogP contribution in [0.15, 0.2) is 0 Å². The van der Waals surface area contributed by atoms with Gasteiger partial charge >= 0.3 is 5.97 Å². The first-order chi connectivity index (χ1) is 6.64. The topological polar surface area (TPSA) is 72.8 Å². The number of carboxylic acids is 1. The lowest BCUT2D eigenvalue weighted by atomic mass is 9.71. The molecule has 1 N–H and O–H groups in total. The van der Waals surface area contributed by atoms with Crippen LogP contribution in [0, 0.1) is 0 Å². The number of carbonyl (C=O) groups is 2. The molecule has 0 amide bonds. The third kappa shape index (κ3) is 1.09. The fourth-order valence-corrected chi connectivity index (χ4v) is 2.10. The largest absolute Gasteiger partial charge is 0.481 e. The van der Waals surface area contributed by atoms with E-state index in [9.17, 15) is 9.59 Å². The van der Waals surface area contributed by atoms with Crippen LogP contribution >= 0.6 is 0 Å². The summed E-state index contributed by atoms with van der Waals surface area (Å²) in [5.41, 5.74) is -1.90. The van der Waals surface area contributed by atoms with E-state index in [1.807, 2.05) is 0 Å². The zero-order valence-corrected chi connectivity index (χ0v) is 7.69. The minimum Gasteiger partial charge on any atom is -0.481 e. The highest BCUT2D eigenvalue weighted by Crippen LogP contribution is 2.47. The quantitative estimate of drug-likeness (QED) is 0.645. The van der Waals surface area contributed by atoms with Crippen LogP contribution in [-0.4, -0.2) is 41.8 Å². The summed E-state index contributed by atoms with van der Waals surface area (Å²) in [6.45, 7) is 1.01. The van der Waals surface area contributed by atoms with Crippen molar-refractivity contribution in [3.8, 4) is 0 Å². The average molecular weight is 200 g/mol. The molecule has 2 atom stereocenters. The van der Waals surface area contributed by atoms with E-state index in [4.69, 9.17) is 14.6 Å². The number of carbonyl (C=O) groups excluding carboxylic acids is 1. The van der Waals surface area contributed by atoms with Crippen molar-refractivity contribution < 1.29 is 24.2 Å². The van der Waals surface area contributed by atoms with E-state index in [2.05, 4.69) is 0 Å². The molecule has 0 aliphatic carbocycles. The fourth-order valence-electron chi connectivity index (χ4n) is 2.10. The summed E-state index contributed by atoms with van der Waals surface area (Å²) in [4.78, 5) is 21.6. The molecule has 0 bridgehead atoms. The second-order valence-electron chi connectivity index (χ2n) is 3.77. The summed E-state index contributed by atoms with van der Waals surface area (Å²) in [6.07, 6.45) is 1.67. The predicted octanol–water partition coefficient (Wildman–Crippen LogP) is -0.0218. The predicted molar refractivity (Wildman–Crippen MR) is 44.9 cm³/mol. The lowest BCUT2D eigenvalue weighted by Gasteiger charge is -2.55. The summed E-state index contributed by atoms with van der Waals surface area (Å²) in [7, 11) is 0. The highest BCUT2D eigenvalue weighted by atomic mass is 16.6. The Morgan fingerprint density at radius 1 is 1.36 bits per heavy atom. The standard InChI is InChI=1S/C9H12O5/c10-6-9(2-4-14-9)8(1-3-13-8)5-7(11)12/h6H,1-5H2,(H,11,12). The van der Waals surface area contributed by atoms with Crippen LogP contribution in [0.1, 0.15) is 19.3 Å². The lowest BCUT2D eigenvalue weighted by Crippen LogP contribution is -2.69. The molecule has 2 heterocycles. The summed E-state index contributed by atoms with van der Waals surface area (Å²) in [5.74, 6) is -0.957. The Balaban J connectivity index is 2.18. The van der Waals surface area contributed by atoms with Crippen LogP contribution < -0.4 is 0 Å². The van der Waals surface area contributed by atoms with Crippen LogP contribution in [0.2, 0.25) is 0 Å². The van der Waals surface area contributed by atoms with Crippen LogP contribution in [0.5, 0.6) is 0 Å². The van der Waals surface area contributed by atoms with Gasteiger partial charge in [-0.15, -0.1) is 0 Å². The Labute approximate surface area is 81.0 Å². The van der Waals surface area contributed by atoms with Crippen LogP contribution in [0.25, 0.3) is 0 Å². The van der Waals surface area contributed by atoms with Gasteiger partial charge in [0.15, 0.2) is 11.9 Å². The molecule has 2 aliphatic heterocycles. The molecule has 2 saturated heterocycles. The monoisotopic (exact) mass is 200 g/mol. The van der Waals surface area contributed by atoms with E-state index >= 15 is 0 Å². The molecular weight excluding hydrogens is 188 g/mol. The fraction of sp³-hybridized carbons (Fsp3) is 0.778. The summed E-state index contributed by atoms with van der Waals surface area (Å²) in [6, 6.07) is 0. The zero-order chi connectivity index (χ0) is 10.2. The highest BCUT2D eigenvalue weighted by molar-refractivity contribution is 5.74. The minimum atomic E-state index is -0.996. The third-order valence-corrected chi connectivity index (χ3v) is 3.12. The molecule has 0 aromatic heterocycles. The number of rotatable bonds is 4. The van der Waals surface area contributed by atoms with Gasteiger partial charge in [-0.05, 0) is 0 Å². The van der Waals surface area contributed by atoms with E-state index in [0.29, 0.717) is 32.3 Å². The minimum absolute atomic E-state index is 0.161. The van der Waals surface area contributed by atoms with Gasteiger partial charge in [0.2, 0.25) is 0 Å². The molecule has 0 saturated carbocycles. The van der Waals surface area contributed by atoms with E-state index in [1.54, 1.807) is 0 Å². The second kappa shape index (κ2) is 3.03. The first-order valence-electron chi connectivity index (χ1n) is 4.60. The van der Waals surface area contributed by atoms with Crippen LogP contribution in [0.3, 0.4) is 0 Å². The van der Waals surface area contributed by atoms with Crippen molar-refractivity contribution in [2.75, 3.05) is 13.2 Å². The van der Waals surface area contributed by atoms with Gasteiger partial charge in [0.25, 0.3) is 0 Å². The first-order valence-corrected chi connectivity index (χ1v) is 4.60. The number of aldehydes is 1. The van der Waals surface area contributed by atoms with Gasteiger partial charge in [0.1, 0.15) is 5.60 Å². The maximum atomic E-state index is 10.9. The van der Waals surface area contributed by atoms with Gasteiger partial charge in [-0.25, -0.2) is 0 Å². The molecule has 14 heavy (non-hydrogen) atoms. The normalized spacial score (nSPS) is 40.9. The van der Waals surface area contributed by atoms with Crippen molar-refractivity contribution in [2.24, 2.45) is 0 Å². The highest BCUT2D eigenvalue weighted by Gasteiger charge is 2.62. The molecule has 78 valence electrons. The first kappa shape index (κ1) is 9.61. The van der Waals surface area contributed by atoms with Crippen molar-refractivity contribution >= 4 is 12.3 Å². The maximum absolute atomic E-state index is 10.9. The van der Waals surface area contributed by atoms with E-state index in [0.717, 1.165) is 0 Å². The third-order valence-electron chi connectivity index (χ3n) is 3.12. The SMILES string of the molecule is O=CC1(C2(CC(=O)O)CCO2)CCO1. The van der Waals surface area contributed by atoms with Crippen molar-refractivity contribution in [1.29, 1.82) is 0 Å². The van der Waals surface area contributed by atoms with Crippen molar-refractivity contribution in [3.63, 3.8) is 0 Å². The number of aliphatic carboxylic acids is 1. The van der Waals surface area contributed by atoms with Crippen molar-refractivity contribution in [2.45, 2.75) is 30.5 Å². The van der Waals surface area contributed by atoms with Gasteiger partial charge in [0.05, 0.1) is 19.6 Å². The number of carboxylic acid groups (broad SMARTS) is 1. The molecule has 5 heteroatoms. The molecule has 2 unspecified atom stereocenters. The molecule has 0 radical (unpaired) electrons. The van der Waals surface area contributed by atoms with Crippen molar-refractivity contribution in [1.82, 2.24) is 0 Å². The number of hydrogen-bond acceptors (Lipinski definition) is 4. The zero-order valence-electron chi connectivity index (χ0n) is 7.69. The molecule has 2 fully saturated rings. The Morgan fingerprint density at radius 3 is 2.14 bits per heavy atom. The summed E-state index contributed by atoms with van der Waals surface area (Å²) >= 11 is 0. The Kier molecular flexibility index (Phi) is 2.08. The molecular formula is C9H12O5. The molecule has 0 aromatic rings. The van der Waals surface area contributed by atoms with Crippen LogP contribution in [-0.2, 0) is 19.1 Å². The summed E-state index contributed by atoms with van der Waals surface area (Å²) in [5, 5.41) is 8.74. The average Bonchev–Trinajstić information content (AvgIpc) is 1.97. The van der Waals surface area contributed by atoms with Crippen LogP contribution in [0.4, 0.5) is 0 Å². The van der Waals surface area contributed by atoms with Gasteiger partial charge in [0, 0.05) is 12.8 Å². The molecule has 5 nitrogen and oxygen atoms in total.